The summed E-state index contributed by atoms with van der Waals surface area (Å²) in [4.78, 5) is 27.2. The van der Waals surface area contributed by atoms with Crippen molar-refractivity contribution >= 4 is 11.8 Å². The van der Waals surface area contributed by atoms with Gasteiger partial charge in [-0.15, -0.1) is 0 Å². The summed E-state index contributed by atoms with van der Waals surface area (Å²) in [7, 11) is 3.17. The molecule has 3 aromatic carbocycles. The molecule has 8 heteroatoms. The SMILES string of the molecule is CCc1cccc(CNC[C@@H](O)[C@H](Cc2cc(F)cc(F)c2)NC(=O)c2ccccc2C(=O)N(C)C)c1. The first kappa shape index (κ1) is 28.0. The maximum Gasteiger partial charge on any atom is 0.254 e. The number of halogens is 2. The molecule has 0 saturated heterocycles. The molecular weight excluding hydrogens is 476 g/mol. The number of aryl methyl sites for hydroxylation is 1. The molecule has 0 spiro atoms. The van der Waals surface area contributed by atoms with Crippen LogP contribution in [0.3, 0.4) is 0 Å². The summed E-state index contributed by atoms with van der Waals surface area (Å²) < 4.78 is 27.7. The van der Waals surface area contributed by atoms with Crippen molar-refractivity contribution in [2.45, 2.75) is 38.5 Å². The molecule has 0 aliphatic carbocycles. The minimum absolute atomic E-state index is 0.0155. The van der Waals surface area contributed by atoms with Crippen molar-refractivity contribution in [2.24, 2.45) is 0 Å². The van der Waals surface area contributed by atoms with Crippen LogP contribution in [0.25, 0.3) is 0 Å². The molecular formula is C29H33F2N3O3. The summed E-state index contributed by atoms with van der Waals surface area (Å²) in [5.41, 5.74) is 2.90. The van der Waals surface area contributed by atoms with E-state index in [1.165, 1.54) is 28.7 Å². The number of aliphatic hydroxyl groups excluding tert-OH is 1. The van der Waals surface area contributed by atoms with Gasteiger partial charge in [0.1, 0.15) is 11.6 Å². The third kappa shape index (κ3) is 7.93. The van der Waals surface area contributed by atoms with Crippen LogP contribution in [0.2, 0.25) is 0 Å². The highest BCUT2D eigenvalue weighted by molar-refractivity contribution is 6.07. The van der Waals surface area contributed by atoms with Gasteiger partial charge in [-0.05, 0) is 53.8 Å². The molecule has 0 bridgehead atoms. The molecule has 37 heavy (non-hydrogen) atoms. The second-order valence-electron chi connectivity index (χ2n) is 9.18. The Morgan fingerprint density at radius 3 is 2.19 bits per heavy atom. The third-order valence-corrected chi connectivity index (χ3v) is 6.05. The van der Waals surface area contributed by atoms with E-state index in [9.17, 15) is 23.5 Å². The standard InChI is InChI=1S/C29H33F2N3O3/c1-4-19-8-7-9-20(12-19)17-32-18-27(35)26(15-21-13-22(30)16-23(31)14-21)33-28(36)24-10-5-6-11-25(24)29(37)34(2)3/h5-14,16,26-27,32,35H,4,15,17-18H2,1-3H3,(H,33,36)/t26-,27+/m0/s1. The summed E-state index contributed by atoms with van der Waals surface area (Å²) in [6.45, 7) is 2.70. The lowest BCUT2D eigenvalue weighted by Crippen LogP contribution is -2.49. The van der Waals surface area contributed by atoms with Gasteiger partial charge in [0.25, 0.3) is 11.8 Å². The van der Waals surface area contributed by atoms with E-state index in [4.69, 9.17) is 0 Å². The predicted octanol–water partition coefficient (Wildman–Crippen LogP) is 3.72. The Balaban J connectivity index is 1.79. The highest BCUT2D eigenvalue weighted by Gasteiger charge is 2.25. The number of amides is 2. The number of hydrogen-bond donors (Lipinski definition) is 3. The van der Waals surface area contributed by atoms with E-state index in [2.05, 4.69) is 23.6 Å². The van der Waals surface area contributed by atoms with Gasteiger partial charge in [0.05, 0.1) is 23.3 Å². The second-order valence-corrected chi connectivity index (χ2v) is 9.18. The molecule has 3 N–H and O–H groups in total. The Hall–Kier alpha value is -3.62. The maximum atomic E-state index is 13.8. The number of carbonyl (C=O) groups is 2. The maximum absolute atomic E-state index is 13.8. The van der Waals surface area contributed by atoms with Gasteiger partial charge in [0.2, 0.25) is 0 Å². The Morgan fingerprint density at radius 2 is 1.54 bits per heavy atom. The third-order valence-electron chi connectivity index (χ3n) is 6.05. The summed E-state index contributed by atoms with van der Waals surface area (Å²) in [6, 6.07) is 16.7. The zero-order valence-corrected chi connectivity index (χ0v) is 21.3. The monoisotopic (exact) mass is 509 g/mol. The second kappa shape index (κ2) is 13.1. The molecule has 0 aromatic heterocycles. The number of aliphatic hydroxyl groups is 1. The van der Waals surface area contributed by atoms with Crippen molar-refractivity contribution < 1.29 is 23.5 Å². The molecule has 0 saturated carbocycles. The summed E-state index contributed by atoms with van der Waals surface area (Å²) >= 11 is 0. The van der Waals surface area contributed by atoms with Crippen molar-refractivity contribution in [1.82, 2.24) is 15.5 Å². The van der Waals surface area contributed by atoms with Gasteiger partial charge in [0, 0.05) is 33.3 Å². The van der Waals surface area contributed by atoms with Crippen LogP contribution in [0.5, 0.6) is 0 Å². The van der Waals surface area contributed by atoms with E-state index in [-0.39, 0.29) is 35.6 Å². The highest BCUT2D eigenvalue weighted by Crippen LogP contribution is 2.15. The number of rotatable bonds is 11. The van der Waals surface area contributed by atoms with E-state index in [0.717, 1.165) is 18.1 Å². The number of carbonyl (C=O) groups excluding carboxylic acids is 2. The molecule has 0 radical (unpaired) electrons. The predicted molar refractivity (Wildman–Crippen MR) is 139 cm³/mol. The summed E-state index contributed by atoms with van der Waals surface area (Å²) in [6.07, 6.45) is -0.188. The Labute approximate surface area is 216 Å². The first-order chi connectivity index (χ1) is 17.7. The number of hydrogen-bond acceptors (Lipinski definition) is 4. The topological polar surface area (TPSA) is 81.7 Å². The molecule has 196 valence electrons. The highest BCUT2D eigenvalue weighted by atomic mass is 19.1. The first-order valence-corrected chi connectivity index (χ1v) is 12.2. The Morgan fingerprint density at radius 1 is 0.892 bits per heavy atom. The lowest BCUT2D eigenvalue weighted by molar-refractivity contribution is 0.0796. The Kier molecular flexibility index (Phi) is 9.88. The quantitative estimate of drug-likeness (QED) is 0.368. The molecule has 2 atom stereocenters. The van der Waals surface area contributed by atoms with Crippen LogP contribution in [0, 0.1) is 11.6 Å². The van der Waals surface area contributed by atoms with E-state index in [1.807, 2.05) is 18.2 Å². The fourth-order valence-electron chi connectivity index (χ4n) is 4.09. The van der Waals surface area contributed by atoms with E-state index < -0.39 is 29.7 Å². The minimum atomic E-state index is -1.08. The van der Waals surface area contributed by atoms with E-state index in [1.54, 1.807) is 32.3 Å². The average molecular weight is 510 g/mol. The van der Waals surface area contributed by atoms with Crippen LogP contribution in [0.15, 0.2) is 66.7 Å². The van der Waals surface area contributed by atoms with Crippen molar-refractivity contribution in [3.8, 4) is 0 Å². The Bertz CT molecular complexity index is 1210. The number of nitrogens with zero attached hydrogens (tertiary/aromatic N) is 1. The van der Waals surface area contributed by atoms with Crippen molar-refractivity contribution in [3.63, 3.8) is 0 Å². The van der Waals surface area contributed by atoms with Crippen molar-refractivity contribution in [2.75, 3.05) is 20.6 Å². The first-order valence-electron chi connectivity index (χ1n) is 12.2. The molecule has 2 amide bonds. The number of benzene rings is 3. The zero-order chi connectivity index (χ0) is 26.9. The molecule has 0 fully saturated rings. The fraction of sp³-hybridized carbons (Fsp3) is 0.310. The van der Waals surface area contributed by atoms with Crippen LogP contribution in [0.1, 0.15) is 44.3 Å². The molecule has 3 aromatic rings. The lowest BCUT2D eigenvalue weighted by atomic mass is 9.99. The molecule has 0 unspecified atom stereocenters. The van der Waals surface area contributed by atoms with Crippen molar-refractivity contribution in [1.29, 1.82) is 0 Å². The van der Waals surface area contributed by atoms with Gasteiger partial charge < -0.3 is 20.6 Å². The fourth-order valence-corrected chi connectivity index (χ4v) is 4.09. The largest absolute Gasteiger partial charge is 0.390 e. The van der Waals surface area contributed by atoms with Crippen LogP contribution < -0.4 is 10.6 Å². The van der Waals surface area contributed by atoms with Crippen molar-refractivity contribution in [3.05, 3.63) is 106 Å². The summed E-state index contributed by atoms with van der Waals surface area (Å²) in [5, 5.41) is 17.0. The van der Waals surface area contributed by atoms with Crippen LogP contribution in [-0.2, 0) is 19.4 Å². The van der Waals surface area contributed by atoms with Crippen LogP contribution in [-0.4, -0.2) is 54.6 Å². The number of nitrogens with one attached hydrogen (secondary N) is 2. The van der Waals surface area contributed by atoms with Gasteiger partial charge in [-0.2, -0.15) is 0 Å². The summed E-state index contributed by atoms with van der Waals surface area (Å²) in [5.74, 6) is -2.40. The van der Waals surface area contributed by atoms with Gasteiger partial charge in [-0.1, -0.05) is 43.3 Å². The lowest BCUT2D eigenvalue weighted by Gasteiger charge is -2.25. The zero-order valence-electron chi connectivity index (χ0n) is 21.3. The molecule has 0 heterocycles. The molecule has 3 rings (SSSR count). The minimum Gasteiger partial charge on any atom is -0.390 e. The van der Waals surface area contributed by atoms with Gasteiger partial charge in [-0.25, -0.2) is 8.78 Å². The van der Waals surface area contributed by atoms with Crippen LogP contribution in [0.4, 0.5) is 8.78 Å². The van der Waals surface area contributed by atoms with Crippen LogP contribution >= 0.6 is 0 Å². The van der Waals surface area contributed by atoms with E-state index in [0.29, 0.717) is 6.54 Å². The smallest absolute Gasteiger partial charge is 0.254 e. The molecule has 6 nitrogen and oxygen atoms in total. The molecule has 0 aliphatic heterocycles. The van der Waals surface area contributed by atoms with Gasteiger partial charge in [0.15, 0.2) is 0 Å². The van der Waals surface area contributed by atoms with E-state index >= 15 is 0 Å². The van der Waals surface area contributed by atoms with Gasteiger partial charge in [-0.3, -0.25) is 9.59 Å². The average Bonchev–Trinajstić information content (AvgIpc) is 2.87. The van der Waals surface area contributed by atoms with Gasteiger partial charge >= 0.3 is 0 Å². The molecule has 0 aliphatic rings. The normalized spacial score (nSPS) is 12.6.